The van der Waals surface area contributed by atoms with Crippen molar-refractivity contribution in [2.75, 3.05) is 39.1 Å². The second-order valence-corrected chi connectivity index (χ2v) is 6.34. The third kappa shape index (κ3) is 7.56. The van der Waals surface area contributed by atoms with Crippen molar-refractivity contribution in [1.29, 1.82) is 0 Å². The Balaban J connectivity index is 1.61. The molecule has 6 heteroatoms. The van der Waals surface area contributed by atoms with Crippen LogP contribution < -0.4 is 20.7 Å². The maximum atomic E-state index is 5.43. The molecule has 2 rings (SSSR count). The van der Waals surface area contributed by atoms with Crippen molar-refractivity contribution in [3.8, 4) is 5.75 Å². The van der Waals surface area contributed by atoms with Crippen LogP contribution in [0.2, 0.25) is 0 Å². The van der Waals surface area contributed by atoms with Gasteiger partial charge in [0.1, 0.15) is 11.6 Å². The van der Waals surface area contributed by atoms with Gasteiger partial charge >= 0.3 is 0 Å². The van der Waals surface area contributed by atoms with Gasteiger partial charge in [0.2, 0.25) is 0 Å². The lowest BCUT2D eigenvalue weighted by Gasteiger charge is -2.13. The molecule has 3 N–H and O–H groups in total. The van der Waals surface area contributed by atoms with Gasteiger partial charge in [-0.3, -0.25) is 4.99 Å². The molecule has 0 bridgehead atoms. The lowest BCUT2D eigenvalue weighted by atomic mass is 10.1. The minimum Gasteiger partial charge on any atom is -0.496 e. The van der Waals surface area contributed by atoms with Gasteiger partial charge < -0.3 is 20.7 Å². The first-order valence-electron chi connectivity index (χ1n) is 9.46. The average molecular weight is 370 g/mol. The summed E-state index contributed by atoms with van der Waals surface area (Å²) in [6.45, 7) is 4.70. The number of methoxy groups -OCH3 is 1. The second kappa shape index (κ2) is 11.8. The first kappa shape index (κ1) is 20.6. The Morgan fingerprint density at radius 3 is 2.63 bits per heavy atom. The van der Waals surface area contributed by atoms with E-state index in [0.29, 0.717) is 0 Å². The molecule has 1 aromatic heterocycles. The molecule has 2 aromatic rings. The Kier molecular flexibility index (Phi) is 8.96. The molecule has 0 saturated heterocycles. The number of anilines is 1. The first-order chi connectivity index (χ1) is 13.2. The van der Waals surface area contributed by atoms with Crippen LogP contribution >= 0.6 is 0 Å². The van der Waals surface area contributed by atoms with E-state index in [9.17, 15) is 0 Å². The monoisotopic (exact) mass is 369 g/mol. The summed E-state index contributed by atoms with van der Waals surface area (Å²) < 4.78 is 5.43. The topological polar surface area (TPSA) is 70.6 Å². The SMILES string of the molecule is CN=C(NCCCCNc1ccccn1)NCCc1cc(C)ccc1OC. The van der Waals surface area contributed by atoms with E-state index in [4.69, 9.17) is 4.74 Å². The van der Waals surface area contributed by atoms with Crippen LogP contribution in [0.15, 0.2) is 47.6 Å². The molecule has 6 nitrogen and oxygen atoms in total. The van der Waals surface area contributed by atoms with Gasteiger partial charge in [-0.2, -0.15) is 0 Å². The van der Waals surface area contributed by atoms with Crippen molar-refractivity contribution in [3.63, 3.8) is 0 Å². The third-order valence-corrected chi connectivity index (χ3v) is 4.21. The van der Waals surface area contributed by atoms with Crippen molar-refractivity contribution in [3.05, 3.63) is 53.7 Å². The van der Waals surface area contributed by atoms with Gasteiger partial charge in [0, 0.05) is 32.9 Å². The first-order valence-corrected chi connectivity index (χ1v) is 9.46. The molecule has 0 aliphatic carbocycles. The van der Waals surface area contributed by atoms with Crippen LogP contribution in [0.4, 0.5) is 5.82 Å². The molecule has 0 fully saturated rings. The minimum absolute atomic E-state index is 0.806. The normalized spacial score (nSPS) is 11.1. The zero-order valence-electron chi connectivity index (χ0n) is 16.6. The fourth-order valence-electron chi connectivity index (χ4n) is 2.78. The summed E-state index contributed by atoms with van der Waals surface area (Å²) in [6.07, 6.45) is 4.82. The zero-order valence-corrected chi connectivity index (χ0v) is 16.6. The number of benzene rings is 1. The Morgan fingerprint density at radius 2 is 1.89 bits per heavy atom. The van der Waals surface area contributed by atoms with Crippen molar-refractivity contribution < 1.29 is 4.74 Å². The van der Waals surface area contributed by atoms with Crippen molar-refractivity contribution in [1.82, 2.24) is 15.6 Å². The highest BCUT2D eigenvalue weighted by atomic mass is 16.5. The van der Waals surface area contributed by atoms with Gasteiger partial charge in [-0.15, -0.1) is 0 Å². The predicted octanol–water partition coefficient (Wildman–Crippen LogP) is 3.00. The molecule has 0 spiro atoms. The molecular formula is C21H31N5O. The highest BCUT2D eigenvalue weighted by Crippen LogP contribution is 2.19. The van der Waals surface area contributed by atoms with Crippen molar-refractivity contribution >= 4 is 11.8 Å². The number of hydrogen-bond donors (Lipinski definition) is 3. The summed E-state index contributed by atoms with van der Waals surface area (Å²) in [6, 6.07) is 12.1. The van der Waals surface area contributed by atoms with Gasteiger partial charge in [0.25, 0.3) is 0 Å². The molecule has 27 heavy (non-hydrogen) atoms. The summed E-state index contributed by atoms with van der Waals surface area (Å²) >= 11 is 0. The number of aryl methyl sites for hydroxylation is 1. The summed E-state index contributed by atoms with van der Waals surface area (Å²) in [7, 11) is 3.51. The van der Waals surface area contributed by atoms with Gasteiger partial charge in [0.15, 0.2) is 5.96 Å². The second-order valence-electron chi connectivity index (χ2n) is 6.34. The molecule has 0 saturated carbocycles. The number of rotatable bonds is 10. The summed E-state index contributed by atoms with van der Waals surface area (Å²) in [4.78, 5) is 8.53. The van der Waals surface area contributed by atoms with E-state index in [-0.39, 0.29) is 0 Å². The van der Waals surface area contributed by atoms with E-state index in [1.165, 1.54) is 11.1 Å². The number of ether oxygens (including phenoxy) is 1. The molecule has 0 unspecified atom stereocenters. The molecule has 0 radical (unpaired) electrons. The van der Waals surface area contributed by atoms with Crippen LogP contribution in [0.25, 0.3) is 0 Å². The van der Waals surface area contributed by atoms with E-state index < -0.39 is 0 Å². The zero-order chi connectivity index (χ0) is 19.3. The molecule has 0 amide bonds. The van der Waals surface area contributed by atoms with E-state index in [2.05, 4.69) is 45.0 Å². The maximum absolute atomic E-state index is 5.43. The minimum atomic E-state index is 0.806. The fourth-order valence-corrected chi connectivity index (χ4v) is 2.78. The maximum Gasteiger partial charge on any atom is 0.190 e. The van der Waals surface area contributed by atoms with E-state index in [0.717, 1.165) is 56.4 Å². The lowest BCUT2D eigenvalue weighted by Crippen LogP contribution is -2.38. The molecule has 0 atom stereocenters. The van der Waals surface area contributed by atoms with Crippen molar-refractivity contribution in [2.24, 2.45) is 4.99 Å². The summed E-state index contributed by atoms with van der Waals surface area (Å²) in [5.41, 5.74) is 2.45. The van der Waals surface area contributed by atoms with Gasteiger partial charge in [0.05, 0.1) is 7.11 Å². The number of aromatic nitrogens is 1. The predicted molar refractivity (Wildman–Crippen MR) is 113 cm³/mol. The Hall–Kier alpha value is -2.76. The number of guanidine groups is 1. The molecule has 1 aromatic carbocycles. The van der Waals surface area contributed by atoms with Crippen LogP contribution in [0.3, 0.4) is 0 Å². The van der Waals surface area contributed by atoms with Crippen LogP contribution in [0, 0.1) is 6.92 Å². The number of nitrogens with one attached hydrogen (secondary N) is 3. The highest BCUT2D eigenvalue weighted by molar-refractivity contribution is 5.79. The van der Waals surface area contributed by atoms with Crippen molar-refractivity contribution in [2.45, 2.75) is 26.2 Å². The number of pyridine rings is 1. The summed E-state index contributed by atoms with van der Waals surface area (Å²) in [5.74, 6) is 2.69. The summed E-state index contributed by atoms with van der Waals surface area (Å²) in [5, 5.41) is 10.0. The number of unbranched alkanes of at least 4 members (excludes halogenated alkanes) is 1. The highest BCUT2D eigenvalue weighted by Gasteiger charge is 2.04. The standard InChI is InChI=1S/C21H31N5O/c1-17-9-10-19(27-3)18(16-17)11-15-26-21(22-2)25-14-7-6-13-24-20-8-4-5-12-23-20/h4-5,8-10,12,16H,6-7,11,13-15H2,1-3H3,(H,23,24)(H2,22,25,26). The smallest absolute Gasteiger partial charge is 0.190 e. The number of nitrogens with zero attached hydrogens (tertiary/aromatic N) is 2. The van der Waals surface area contributed by atoms with Gasteiger partial charge in [-0.25, -0.2) is 4.98 Å². The molecule has 1 heterocycles. The van der Waals surface area contributed by atoms with Crippen LogP contribution in [0.5, 0.6) is 5.75 Å². The lowest BCUT2D eigenvalue weighted by molar-refractivity contribution is 0.409. The Labute approximate surface area is 162 Å². The van der Waals surface area contributed by atoms with Gasteiger partial charge in [-0.1, -0.05) is 23.8 Å². The van der Waals surface area contributed by atoms with Crippen LogP contribution in [-0.4, -0.2) is 44.7 Å². The van der Waals surface area contributed by atoms with Gasteiger partial charge in [-0.05, 0) is 49.9 Å². The largest absolute Gasteiger partial charge is 0.496 e. The molecule has 0 aliphatic rings. The third-order valence-electron chi connectivity index (χ3n) is 4.21. The van der Waals surface area contributed by atoms with E-state index in [1.54, 1.807) is 20.4 Å². The van der Waals surface area contributed by atoms with Crippen LogP contribution in [0.1, 0.15) is 24.0 Å². The molecule has 0 aliphatic heterocycles. The Bertz CT molecular complexity index is 703. The fraction of sp³-hybridized carbons (Fsp3) is 0.429. The Morgan fingerprint density at radius 1 is 1.07 bits per heavy atom. The van der Waals surface area contributed by atoms with Crippen LogP contribution in [-0.2, 0) is 6.42 Å². The molecular weight excluding hydrogens is 338 g/mol. The molecule has 146 valence electrons. The number of hydrogen-bond acceptors (Lipinski definition) is 4. The quantitative estimate of drug-likeness (QED) is 0.341. The average Bonchev–Trinajstić information content (AvgIpc) is 2.70. The van der Waals surface area contributed by atoms with E-state index in [1.807, 2.05) is 24.3 Å². The number of aliphatic imine (C=N–C) groups is 1. The van der Waals surface area contributed by atoms with E-state index >= 15 is 0 Å².